The van der Waals surface area contributed by atoms with Crippen molar-refractivity contribution in [2.45, 2.75) is 32.0 Å². The van der Waals surface area contributed by atoms with E-state index in [4.69, 9.17) is 0 Å². The van der Waals surface area contributed by atoms with Crippen molar-refractivity contribution in [3.8, 4) is 5.69 Å². The van der Waals surface area contributed by atoms with Crippen LogP contribution in [0.4, 0.5) is 0 Å². The van der Waals surface area contributed by atoms with Crippen LogP contribution in [0.15, 0.2) is 43.0 Å². The van der Waals surface area contributed by atoms with Crippen LogP contribution in [0.5, 0.6) is 0 Å². The van der Waals surface area contributed by atoms with Crippen molar-refractivity contribution >= 4 is 15.7 Å². The second-order valence-corrected chi connectivity index (χ2v) is 9.41. The quantitative estimate of drug-likeness (QED) is 0.784. The molecule has 2 saturated heterocycles. The number of hydrogen-bond donors (Lipinski definition) is 0. The molecular formula is C19H24N4O3S. The Kier molecular flexibility index (Phi) is 4.77. The zero-order valence-electron chi connectivity index (χ0n) is 15.4. The van der Waals surface area contributed by atoms with Crippen LogP contribution in [-0.2, 0) is 21.2 Å². The van der Waals surface area contributed by atoms with E-state index in [1.807, 2.05) is 29.8 Å². The first-order valence-corrected chi connectivity index (χ1v) is 11.1. The molecule has 1 aromatic carbocycles. The van der Waals surface area contributed by atoms with Gasteiger partial charge in [-0.3, -0.25) is 9.69 Å². The fourth-order valence-electron chi connectivity index (χ4n) is 4.15. The van der Waals surface area contributed by atoms with E-state index in [1.54, 1.807) is 17.4 Å². The van der Waals surface area contributed by atoms with E-state index >= 15 is 0 Å². The Balaban J connectivity index is 1.51. The van der Waals surface area contributed by atoms with Gasteiger partial charge in [0.1, 0.15) is 0 Å². The third-order valence-corrected chi connectivity index (χ3v) is 7.24. The summed E-state index contributed by atoms with van der Waals surface area (Å²) in [5.41, 5.74) is 2.17. The normalized spacial score (nSPS) is 24.7. The third-order valence-electron chi connectivity index (χ3n) is 5.54. The second-order valence-electron chi connectivity index (χ2n) is 7.26. The molecule has 2 aliphatic rings. The predicted molar refractivity (Wildman–Crippen MR) is 102 cm³/mol. The van der Waals surface area contributed by atoms with E-state index in [0.29, 0.717) is 26.1 Å². The number of rotatable bonds is 4. The van der Waals surface area contributed by atoms with Crippen molar-refractivity contribution in [3.05, 3.63) is 48.5 Å². The number of hydrogen-bond acceptors (Lipinski definition) is 5. The summed E-state index contributed by atoms with van der Waals surface area (Å²) in [7, 11) is -3.11. The van der Waals surface area contributed by atoms with Gasteiger partial charge in [0, 0.05) is 50.2 Å². The Morgan fingerprint density at radius 1 is 1.15 bits per heavy atom. The van der Waals surface area contributed by atoms with Gasteiger partial charge in [-0.15, -0.1) is 0 Å². The molecule has 0 radical (unpaired) electrons. The Morgan fingerprint density at radius 2 is 1.89 bits per heavy atom. The maximum atomic E-state index is 12.3. The van der Waals surface area contributed by atoms with Crippen LogP contribution in [-0.4, -0.2) is 70.4 Å². The fraction of sp³-hybridized carbons (Fsp3) is 0.474. The lowest BCUT2D eigenvalue weighted by molar-refractivity contribution is -0.136. The van der Waals surface area contributed by atoms with Gasteiger partial charge in [0.25, 0.3) is 0 Å². The summed E-state index contributed by atoms with van der Waals surface area (Å²) in [6.07, 6.45) is 5.81. The van der Waals surface area contributed by atoms with E-state index < -0.39 is 9.84 Å². The number of carbonyl (C=O) groups is 1. The van der Waals surface area contributed by atoms with Crippen molar-refractivity contribution < 1.29 is 13.2 Å². The standard InChI is InChI=1S/C19H24N4O3S/c1-2-19(24)23-10-9-21(17-12-27(25,26)13-18(17)23)11-15-3-5-16(6-4-15)22-8-7-20-14-22/h3-8,14,17-18H,2,9-13H2,1H3/t17-,18+/m0/s1. The summed E-state index contributed by atoms with van der Waals surface area (Å²) in [4.78, 5) is 20.3. The van der Waals surface area contributed by atoms with Crippen LogP contribution in [0.3, 0.4) is 0 Å². The molecule has 0 N–H and O–H groups in total. The molecular weight excluding hydrogens is 364 g/mol. The number of aromatic nitrogens is 2. The van der Waals surface area contributed by atoms with Gasteiger partial charge >= 0.3 is 0 Å². The highest BCUT2D eigenvalue weighted by atomic mass is 32.2. The van der Waals surface area contributed by atoms with Crippen LogP contribution in [0.2, 0.25) is 0 Å². The maximum absolute atomic E-state index is 12.3. The molecule has 0 spiro atoms. The largest absolute Gasteiger partial charge is 0.336 e. The summed E-state index contributed by atoms with van der Waals surface area (Å²) < 4.78 is 26.5. The number of piperazine rings is 1. The van der Waals surface area contributed by atoms with Crippen molar-refractivity contribution in [1.82, 2.24) is 19.4 Å². The number of amides is 1. The highest BCUT2D eigenvalue weighted by Gasteiger charge is 2.47. The van der Waals surface area contributed by atoms with Crippen LogP contribution in [0, 0.1) is 0 Å². The third kappa shape index (κ3) is 3.64. The van der Waals surface area contributed by atoms with Crippen molar-refractivity contribution in [2.24, 2.45) is 0 Å². The van der Waals surface area contributed by atoms with Gasteiger partial charge in [-0.25, -0.2) is 13.4 Å². The lowest BCUT2D eigenvalue weighted by Gasteiger charge is -2.44. The molecule has 2 atom stereocenters. The minimum absolute atomic E-state index is 0.0476. The zero-order chi connectivity index (χ0) is 19.0. The lowest BCUT2D eigenvalue weighted by atomic mass is 10.0. The smallest absolute Gasteiger partial charge is 0.222 e. The first-order valence-electron chi connectivity index (χ1n) is 9.28. The number of imidazole rings is 1. The van der Waals surface area contributed by atoms with Crippen LogP contribution < -0.4 is 0 Å². The van der Waals surface area contributed by atoms with Crippen LogP contribution in [0.25, 0.3) is 5.69 Å². The SMILES string of the molecule is CCC(=O)N1CCN(Cc2ccc(-n3ccnc3)cc2)[C@H]2CS(=O)(=O)C[C@H]21. The van der Waals surface area contributed by atoms with Gasteiger partial charge < -0.3 is 9.47 Å². The molecule has 2 aliphatic heterocycles. The first kappa shape index (κ1) is 18.2. The van der Waals surface area contributed by atoms with E-state index in [9.17, 15) is 13.2 Å². The Labute approximate surface area is 159 Å². The zero-order valence-corrected chi connectivity index (χ0v) is 16.2. The van der Waals surface area contributed by atoms with Crippen molar-refractivity contribution in [2.75, 3.05) is 24.6 Å². The molecule has 0 unspecified atom stereocenters. The molecule has 27 heavy (non-hydrogen) atoms. The van der Waals surface area contributed by atoms with E-state index in [2.05, 4.69) is 22.0 Å². The van der Waals surface area contributed by atoms with E-state index in [1.165, 1.54) is 0 Å². The number of nitrogens with zero attached hydrogens (tertiary/aromatic N) is 4. The molecule has 2 aromatic rings. The molecule has 8 heteroatoms. The molecule has 0 bridgehead atoms. The molecule has 4 rings (SSSR count). The van der Waals surface area contributed by atoms with E-state index in [-0.39, 0.29) is 29.5 Å². The Bertz CT molecular complexity index is 909. The number of carbonyl (C=O) groups excluding carboxylic acids is 1. The summed E-state index contributed by atoms with van der Waals surface area (Å²) in [5, 5.41) is 0. The van der Waals surface area contributed by atoms with E-state index in [0.717, 1.165) is 11.3 Å². The molecule has 144 valence electrons. The van der Waals surface area contributed by atoms with Gasteiger partial charge in [-0.2, -0.15) is 0 Å². The van der Waals surface area contributed by atoms with Gasteiger partial charge in [-0.05, 0) is 17.7 Å². The average Bonchev–Trinajstić information content (AvgIpc) is 3.29. The fourth-order valence-corrected chi connectivity index (χ4v) is 6.17. The van der Waals surface area contributed by atoms with Crippen LogP contribution in [0.1, 0.15) is 18.9 Å². The lowest BCUT2D eigenvalue weighted by Crippen LogP contribution is -2.60. The Morgan fingerprint density at radius 3 is 2.56 bits per heavy atom. The second kappa shape index (κ2) is 7.09. The summed E-state index contributed by atoms with van der Waals surface area (Å²) >= 11 is 0. The summed E-state index contributed by atoms with van der Waals surface area (Å²) in [6, 6.07) is 7.87. The summed E-state index contributed by atoms with van der Waals surface area (Å²) in [6.45, 7) is 3.81. The summed E-state index contributed by atoms with van der Waals surface area (Å²) in [5.74, 6) is 0.268. The van der Waals surface area contributed by atoms with Crippen molar-refractivity contribution in [3.63, 3.8) is 0 Å². The van der Waals surface area contributed by atoms with Crippen LogP contribution >= 0.6 is 0 Å². The Hall–Kier alpha value is -2.19. The maximum Gasteiger partial charge on any atom is 0.222 e. The predicted octanol–water partition coefficient (Wildman–Crippen LogP) is 1.09. The minimum atomic E-state index is -3.11. The molecule has 1 aromatic heterocycles. The number of sulfone groups is 1. The molecule has 1 amide bonds. The van der Waals surface area contributed by atoms with Gasteiger partial charge in [0.05, 0.1) is 23.9 Å². The topological polar surface area (TPSA) is 75.5 Å². The molecule has 0 aliphatic carbocycles. The number of fused-ring (bicyclic) bond motifs is 1. The molecule has 2 fully saturated rings. The van der Waals surface area contributed by atoms with Gasteiger partial charge in [-0.1, -0.05) is 19.1 Å². The van der Waals surface area contributed by atoms with Gasteiger partial charge in [0.2, 0.25) is 5.91 Å². The molecule has 3 heterocycles. The highest BCUT2D eigenvalue weighted by molar-refractivity contribution is 7.91. The minimum Gasteiger partial charge on any atom is -0.336 e. The molecule has 0 saturated carbocycles. The number of benzene rings is 1. The molecule has 7 nitrogen and oxygen atoms in total. The monoisotopic (exact) mass is 388 g/mol. The highest BCUT2D eigenvalue weighted by Crippen LogP contribution is 2.28. The van der Waals surface area contributed by atoms with Crippen molar-refractivity contribution in [1.29, 1.82) is 0 Å². The van der Waals surface area contributed by atoms with Gasteiger partial charge in [0.15, 0.2) is 9.84 Å². The first-order chi connectivity index (χ1) is 13.0. The average molecular weight is 388 g/mol.